The van der Waals surface area contributed by atoms with Crippen LogP contribution in [0.2, 0.25) is 0 Å². The molecule has 2 heterocycles. The number of aromatic nitrogens is 3. The number of rotatable bonds is 4. The first-order valence-electron chi connectivity index (χ1n) is 7.58. The van der Waals surface area contributed by atoms with E-state index in [4.69, 9.17) is 0 Å². The van der Waals surface area contributed by atoms with Crippen LogP contribution in [-0.4, -0.2) is 32.6 Å². The molecular formula is C16H20N4O2. The van der Waals surface area contributed by atoms with Gasteiger partial charge >= 0.3 is 0 Å². The molecule has 6 nitrogen and oxygen atoms in total. The zero-order valence-corrected chi connectivity index (χ0v) is 12.9. The lowest BCUT2D eigenvalue weighted by molar-refractivity contribution is -0.119. The second kappa shape index (κ2) is 5.88. The van der Waals surface area contributed by atoms with E-state index in [0.717, 1.165) is 18.5 Å². The lowest BCUT2D eigenvalue weighted by Gasteiger charge is -2.17. The standard InChI is InChI=1S/C16H20N4O2/c1-3-12-4-5-15-13(8-12)6-7-20(15)16(22)10-19-9-14(11(2)21)17-18-19/h4-5,8-9,11,21H,3,6-7,10H2,1-2H3. The summed E-state index contributed by atoms with van der Waals surface area (Å²) in [5.74, 6) is -0.00922. The van der Waals surface area contributed by atoms with E-state index < -0.39 is 6.10 Å². The highest BCUT2D eigenvalue weighted by molar-refractivity contribution is 5.95. The van der Waals surface area contributed by atoms with Crippen molar-refractivity contribution in [2.45, 2.75) is 39.3 Å². The van der Waals surface area contributed by atoms with Gasteiger partial charge in [-0.3, -0.25) is 4.79 Å². The first kappa shape index (κ1) is 14.7. The number of carbonyl (C=O) groups excluding carboxylic acids is 1. The van der Waals surface area contributed by atoms with Gasteiger partial charge in [0.2, 0.25) is 5.91 Å². The molecule has 1 unspecified atom stereocenters. The molecule has 1 aromatic heterocycles. The van der Waals surface area contributed by atoms with Crippen LogP contribution in [0.5, 0.6) is 0 Å². The quantitative estimate of drug-likeness (QED) is 0.928. The summed E-state index contributed by atoms with van der Waals surface area (Å²) in [5.41, 5.74) is 4.00. The second-order valence-corrected chi connectivity index (χ2v) is 5.63. The Balaban J connectivity index is 1.74. The van der Waals surface area contributed by atoms with E-state index >= 15 is 0 Å². The van der Waals surface area contributed by atoms with E-state index in [0.29, 0.717) is 12.2 Å². The number of hydrogen-bond donors (Lipinski definition) is 1. The Bertz CT molecular complexity index is 693. The summed E-state index contributed by atoms with van der Waals surface area (Å²) in [4.78, 5) is 14.3. The van der Waals surface area contributed by atoms with Gasteiger partial charge in [-0.1, -0.05) is 24.3 Å². The van der Waals surface area contributed by atoms with Gasteiger partial charge in [-0.05, 0) is 37.0 Å². The average molecular weight is 300 g/mol. The number of nitrogens with zero attached hydrogens (tertiary/aromatic N) is 4. The molecule has 0 bridgehead atoms. The third kappa shape index (κ3) is 2.74. The fourth-order valence-corrected chi connectivity index (χ4v) is 2.74. The Morgan fingerprint density at radius 2 is 2.27 bits per heavy atom. The number of benzene rings is 1. The van der Waals surface area contributed by atoms with Gasteiger partial charge in [0, 0.05) is 12.2 Å². The fraction of sp³-hybridized carbons (Fsp3) is 0.438. The summed E-state index contributed by atoms with van der Waals surface area (Å²) in [6, 6.07) is 6.29. The van der Waals surface area contributed by atoms with Crippen molar-refractivity contribution >= 4 is 11.6 Å². The lowest BCUT2D eigenvalue weighted by Crippen LogP contribution is -2.32. The molecule has 1 aliphatic heterocycles. The number of carbonyl (C=O) groups is 1. The number of fused-ring (bicyclic) bond motifs is 1. The van der Waals surface area contributed by atoms with Gasteiger partial charge in [-0.15, -0.1) is 5.10 Å². The Hall–Kier alpha value is -2.21. The van der Waals surface area contributed by atoms with E-state index in [-0.39, 0.29) is 12.5 Å². The Morgan fingerprint density at radius 1 is 1.45 bits per heavy atom. The SMILES string of the molecule is CCc1ccc2c(c1)CCN2C(=O)Cn1cc(C(C)O)nn1. The largest absolute Gasteiger partial charge is 0.387 e. The average Bonchev–Trinajstić information content (AvgIpc) is 3.12. The van der Waals surface area contributed by atoms with Crippen LogP contribution in [0.4, 0.5) is 5.69 Å². The van der Waals surface area contributed by atoms with Crippen molar-refractivity contribution < 1.29 is 9.90 Å². The summed E-state index contributed by atoms with van der Waals surface area (Å²) in [5, 5.41) is 17.2. The van der Waals surface area contributed by atoms with Crippen molar-refractivity contribution in [1.82, 2.24) is 15.0 Å². The molecule has 0 aliphatic carbocycles. The van der Waals surface area contributed by atoms with Crippen molar-refractivity contribution in [3.05, 3.63) is 41.2 Å². The van der Waals surface area contributed by atoms with Crippen LogP contribution in [0.15, 0.2) is 24.4 Å². The van der Waals surface area contributed by atoms with Crippen LogP contribution >= 0.6 is 0 Å². The van der Waals surface area contributed by atoms with Gasteiger partial charge in [0.1, 0.15) is 12.2 Å². The molecule has 0 spiro atoms. The molecule has 3 rings (SSSR count). The highest BCUT2D eigenvalue weighted by atomic mass is 16.3. The summed E-state index contributed by atoms with van der Waals surface area (Å²) < 4.78 is 1.47. The highest BCUT2D eigenvalue weighted by Crippen LogP contribution is 2.29. The third-order valence-electron chi connectivity index (χ3n) is 4.03. The Labute approximate surface area is 129 Å². The van der Waals surface area contributed by atoms with Crippen LogP contribution in [0.25, 0.3) is 0 Å². The van der Waals surface area contributed by atoms with Crippen LogP contribution in [0.3, 0.4) is 0 Å². The van der Waals surface area contributed by atoms with Crippen molar-refractivity contribution in [1.29, 1.82) is 0 Å². The molecule has 1 atom stereocenters. The molecule has 0 radical (unpaired) electrons. The molecule has 1 amide bonds. The maximum Gasteiger partial charge on any atom is 0.248 e. The van der Waals surface area contributed by atoms with Gasteiger partial charge in [-0.2, -0.15) is 0 Å². The fourth-order valence-electron chi connectivity index (χ4n) is 2.74. The van der Waals surface area contributed by atoms with Gasteiger partial charge < -0.3 is 10.0 Å². The normalized spacial score (nSPS) is 15.0. The summed E-state index contributed by atoms with van der Waals surface area (Å²) in [6.07, 6.45) is 2.83. The summed E-state index contributed by atoms with van der Waals surface area (Å²) in [6.45, 7) is 4.59. The minimum Gasteiger partial charge on any atom is -0.387 e. The zero-order chi connectivity index (χ0) is 15.7. The van der Waals surface area contributed by atoms with Crippen molar-refractivity contribution in [2.75, 3.05) is 11.4 Å². The zero-order valence-electron chi connectivity index (χ0n) is 12.9. The number of amides is 1. The van der Waals surface area contributed by atoms with Gasteiger partial charge in [0.05, 0.1) is 12.3 Å². The Morgan fingerprint density at radius 3 is 2.95 bits per heavy atom. The third-order valence-corrected chi connectivity index (χ3v) is 4.03. The van der Waals surface area contributed by atoms with Crippen LogP contribution in [0.1, 0.15) is 36.8 Å². The van der Waals surface area contributed by atoms with E-state index in [1.54, 1.807) is 18.0 Å². The molecular weight excluding hydrogens is 280 g/mol. The monoisotopic (exact) mass is 300 g/mol. The smallest absolute Gasteiger partial charge is 0.248 e. The van der Waals surface area contributed by atoms with Gasteiger partial charge in [0.25, 0.3) is 0 Å². The molecule has 2 aromatic rings. The van der Waals surface area contributed by atoms with Crippen LogP contribution < -0.4 is 4.90 Å². The van der Waals surface area contributed by atoms with Crippen molar-refractivity contribution in [3.8, 4) is 0 Å². The number of anilines is 1. The van der Waals surface area contributed by atoms with E-state index in [1.165, 1.54) is 15.8 Å². The molecule has 0 saturated carbocycles. The van der Waals surface area contributed by atoms with E-state index in [2.05, 4.69) is 29.4 Å². The topological polar surface area (TPSA) is 71.2 Å². The summed E-state index contributed by atoms with van der Waals surface area (Å²) >= 11 is 0. The van der Waals surface area contributed by atoms with Crippen molar-refractivity contribution in [2.24, 2.45) is 0 Å². The minimum absolute atomic E-state index is 0.00922. The van der Waals surface area contributed by atoms with Crippen LogP contribution in [0, 0.1) is 0 Å². The molecule has 1 aliphatic rings. The number of aliphatic hydroxyl groups excluding tert-OH is 1. The molecule has 22 heavy (non-hydrogen) atoms. The summed E-state index contributed by atoms with van der Waals surface area (Å²) in [7, 11) is 0. The molecule has 0 saturated heterocycles. The van der Waals surface area contributed by atoms with Gasteiger partial charge in [-0.25, -0.2) is 4.68 Å². The van der Waals surface area contributed by atoms with Crippen molar-refractivity contribution in [3.63, 3.8) is 0 Å². The highest BCUT2D eigenvalue weighted by Gasteiger charge is 2.25. The molecule has 1 N–H and O–H groups in total. The molecule has 116 valence electrons. The second-order valence-electron chi connectivity index (χ2n) is 5.63. The number of aryl methyl sites for hydroxylation is 1. The molecule has 1 aromatic carbocycles. The minimum atomic E-state index is -0.677. The first-order chi connectivity index (χ1) is 10.6. The predicted octanol–water partition coefficient (Wildman–Crippen LogP) is 1.48. The van der Waals surface area contributed by atoms with Crippen LogP contribution in [-0.2, 0) is 24.2 Å². The van der Waals surface area contributed by atoms with Gasteiger partial charge in [0.15, 0.2) is 0 Å². The Kier molecular flexibility index (Phi) is 3.94. The van der Waals surface area contributed by atoms with E-state index in [1.807, 2.05) is 6.07 Å². The maximum absolute atomic E-state index is 12.5. The predicted molar refractivity (Wildman–Crippen MR) is 82.5 cm³/mol. The van der Waals surface area contributed by atoms with E-state index in [9.17, 15) is 9.90 Å². The number of aliphatic hydroxyl groups is 1. The maximum atomic E-state index is 12.5. The molecule has 0 fully saturated rings. The molecule has 6 heteroatoms. The first-order valence-corrected chi connectivity index (χ1v) is 7.58. The number of hydrogen-bond acceptors (Lipinski definition) is 4. The lowest BCUT2D eigenvalue weighted by atomic mass is 10.1.